The summed E-state index contributed by atoms with van der Waals surface area (Å²) < 4.78 is 5.46. The number of nitrogens with one attached hydrogen (secondary N) is 1. The van der Waals surface area contributed by atoms with Gasteiger partial charge in [0.05, 0.1) is 18.7 Å². The standard InChI is InChI=1S/C16H18N2O4S/c1-4-22-11-5-6-12(9(2)7-11)15-13(8-14(20)21)23-16(18-15)17-10(3)19/h5-7H,4,8H2,1-3H3,(H,20,21)(H,17,18,19). The van der Waals surface area contributed by atoms with Crippen LogP contribution in [0.1, 0.15) is 24.3 Å². The Bertz CT molecular complexity index is 740. The number of thiazole rings is 1. The van der Waals surface area contributed by atoms with Gasteiger partial charge in [0.2, 0.25) is 5.91 Å². The monoisotopic (exact) mass is 334 g/mol. The van der Waals surface area contributed by atoms with Crippen molar-refractivity contribution in [3.8, 4) is 17.0 Å². The summed E-state index contributed by atoms with van der Waals surface area (Å²) in [4.78, 5) is 27.3. The van der Waals surface area contributed by atoms with Gasteiger partial charge in [0, 0.05) is 17.4 Å². The molecule has 0 unspecified atom stereocenters. The molecule has 0 bridgehead atoms. The van der Waals surface area contributed by atoms with Crippen LogP contribution in [-0.2, 0) is 16.0 Å². The van der Waals surface area contributed by atoms with Crippen LogP contribution in [0.25, 0.3) is 11.3 Å². The Kier molecular flexibility index (Phi) is 5.33. The lowest BCUT2D eigenvalue weighted by Crippen LogP contribution is -2.05. The Morgan fingerprint density at radius 3 is 2.70 bits per heavy atom. The molecule has 6 nitrogen and oxygen atoms in total. The highest BCUT2D eigenvalue weighted by Gasteiger charge is 2.18. The molecule has 0 fully saturated rings. The molecule has 122 valence electrons. The second-order valence-electron chi connectivity index (χ2n) is 4.95. The largest absolute Gasteiger partial charge is 0.494 e. The molecule has 1 aromatic carbocycles. The fraction of sp³-hybridized carbons (Fsp3) is 0.312. The molecular formula is C16H18N2O4S. The van der Waals surface area contributed by atoms with Crippen LogP contribution in [0.3, 0.4) is 0 Å². The van der Waals surface area contributed by atoms with E-state index in [1.165, 1.54) is 18.3 Å². The van der Waals surface area contributed by atoms with Gasteiger partial charge in [0.1, 0.15) is 5.75 Å². The van der Waals surface area contributed by atoms with Gasteiger partial charge in [-0.15, -0.1) is 11.3 Å². The molecule has 0 radical (unpaired) electrons. The Balaban J connectivity index is 2.45. The first-order valence-corrected chi connectivity index (χ1v) is 7.95. The fourth-order valence-electron chi connectivity index (χ4n) is 2.18. The number of hydrogen-bond acceptors (Lipinski definition) is 5. The molecule has 0 spiro atoms. The van der Waals surface area contributed by atoms with Crippen LogP contribution in [-0.4, -0.2) is 28.6 Å². The molecule has 2 rings (SSSR count). The second-order valence-corrected chi connectivity index (χ2v) is 6.04. The molecule has 0 saturated carbocycles. The first kappa shape index (κ1) is 17.0. The van der Waals surface area contributed by atoms with E-state index in [1.807, 2.05) is 32.0 Å². The van der Waals surface area contributed by atoms with E-state index in [0.717, 1.165) is 16.9 Å². The number of rotatable bonds is 6. The van der Waals surface area contributed by atoms with Crippen molar-refractivity contribution in [3.05, 3.63) is 28.6 Å². The summed E-state index contributed by atoms with van der Waals surface area (Å²) in [5.74, 6) is -0.422. The van der Waals surface area contributed by atoms with Crippen molar-refractivity contribution >= 4 is 28.3 Å². The minimum atomic E-state index is -0.937. The zero-order valence-electron chi connectivity index (χ0n) is 13.2. The van der Waals surface area contributed by atoms with Crippen molar-refractivity contribution in [2.75, 3.05) is 11.9 Å². The van der Waals surface area contributed by atoms with E-state index in [2.05, 4.69) is 10.3 Å². The number of benzene rings is 1. The van der Waals surface area contributed by atoms with Crippen molar-refractivity contribution in [1.29, 1.82) is 0 Å². The molecule has 1 aromatic heterocycles. The van der Waals surface area contributed by atoms with E-state index < -0.39 is 5.97 Å². The van der Waals surface area contributed by atoms with Crippen LogP contribution < -0.4 is 10.1 Å². The first-order valence-electron chi connectivity index (χ1n) is 7.13. The molecule has 0 atom stereocenters. The van der Waals surface area contributed by atoms with Crippen LogP contribution in [0, 0.1) is 6.92 Å². The molecule has 2 aromatic rings. The van der Waals surface area contributed by atoms with Crippen LogP contribution in [0.2, 0.25) is 0 Å². The van der Waals surface area contributed by atoms with Crippen molar-refractivity contribution < 1.29 is 19.4 Å². The molecule has 1 amide bonds. The molecular weight excluding hydrogens is 316 g/mol. The molecule has 0 aliphatic heterocycles. The highest BCUT2D eigenvalue weighted by atomic mass is 32.1. The number of ether oxygens (including phenoxy) is 1. The van der Waals surface area contributed by atoms with E-state index >= 15 is 0 Å². The van der Waals surface area contributed by atoms with Crippen LogP contribution in [0.4, 0.5) is 5.13 Å². The van der Waals surface area contributed by atoms with E-state index in [1.54, 1.807) is 0 Å². The topological polar surface area (TPSA) is 88.5 Å². The highest BCUT2D eigenvalue weighted by molar-refractivity contribution is 7.16. The fourth-order valence-corrected chi connectivity index (χ4v) is 3.19. The normalized spacial score (nSPS) is 10.4. The average molecular weight is 334 g/mol. The third kappa shape index (κ3) is 4.29. The lowest BCUT2D eigenvalue weighted by Gasteiger charge is -2.08. The number of carbonyl (C=O) groups excluding carboxylic acids is 1. The quantitative estimate of drug-likeness (QED) is 0.847. The number of anilines is 1. The van der Waals surface area contributed by atoms with E-state index in [-0.39, 0.29) is 12.3 Å². The van der Waals surface area contributed by atoms with E-state index in [4.69, 9.17) is 9.84 Å². The zero-order chi connectivity index (χ0) is 17.0. The maximum atomic E-state index is 11.2. The third-order valence-corrected chi connectivity index (χ3v) is 4.03. The number of aryl methyl sites for hydroxylation is 1. The third-order valence-electron chi connectivity index (χ3n) is 3.06. The van der Waals surface area contributed by atoms with Gasteiger partial charge < -0.3 is 15.2 Å². The molecule has 7 heteroatoms. The maximum Gasteiger partial charge on any atom is 0.308 e. The van der Waals surface area contributed by atoms with E-state index in [9.17, 15) is 9.59 Å². The number of carbonyl (C=O) groups is 2. The highest BCUT2D eigenvalue weighted by Crippen LogP contribution is 2.34. The lowest BCUT2D eigenvalue weighted by molar-refractivity contribution is -0.136. The smallest absolute Gasteiger partial charge is 0.308 e. The van der Waals surface area contributed by atoms with Gasteiger partial charge in [-0.2, -0.15) is 0 Å². The average Bonchev–Trinajstić information content (AvgIpc) is 2.80. The predicted octanol–water partition coefficient (Wildman–Crippen LogP) is 3.10. The van der Waals surface area contributed by atoms with E-state index in [0.29, 0.717) is 22.3 Å². The zero-order valence-corrected chi connectivity index (χ0v) is 14.0. The second kappa shape index (κ2) is 7.23. The molecule has 0 aliphatic rings. The van der Waals surface area contributed by atoms with Gasteiger partial charge in [-0.25, -0.2) is 4.98 Å². The van der Waals surface area contributed by atoms with Crippen molar-refractivity contribution in [3.63, 3.8) is 0 Å². The molecule has 0 saturated heterocycles. The SMILES string of the molecule is CCOc1ccc(-c2nc(NC(C)=O)sc2CC(=O)O)c(C)c1. The first-order chi connectivity index (χ1) is 10.9. The minimum absolute atomic E-state index is 0.140. The summed E-state index contributed by atoms with van der Waals surface area (Å²) in [6, 6.07) is 5.58. The Morgan fingerprint density at radius 2 is 2.13 bits per heavy atom. The summed E-state index contributed by atoms with van der Waals surface area (Å²) >= 11 is 1.18. The summed E-state index contributed by atoms with van der Waals surface area (Å²) in [6.07, 6.45) is -0.140. The van der Waals surface area contributed by atoms with Crippen LogP contribution in [0.15, 0.2) is 18.2 Å². The van der Waals surface area contributed by atoms with Gasteiger partial charge in [0.15, 0.2) is 5.13 Å². The van der Waals surface area contributed by atoms with Crippen molar-refractivity contribution in [1.82, 2.24) is 4.98 Å². The summed E-state index contributed by atoms with van der Waals surface area (Å²) in [7, 11) is 0. The van der Waals surface area contributed by atoms with Crippen molar-refractivity contribution in [2.45, 2.75) is 27.2 Å². The molecule has 23 heavy (non-hydrogen) atoms. The number of aromatic nitrogens is 1. The molecule has 2 N–H and O–H groups in total. The number of aliphatic carboxylic acids is 1. The summed E-state index contributed by atoms with van der Waals surface area (Å²) in [5.41, 5.74) is 2.35. The number of amides is 1. The number of nitrogens with zero attached hydrogens (tertiary/aromatic N) is 1. The number of carboxylic acids is 1. The number of carboxylic acid groups (broad SMARTS) is 1. The Morgan fingerprint density at radius 1 is 1.39 bits per heavy atom. The predicted molar refractivity (Wildman–Crippen MR) is 89.1 cm³/mol. The Hall–Kier alpha value is -2.41. The maximum absolute atomic E-state index is 11.2. The van der Waals surface area contributed by atoms with Gasteiger partial charge in [0.25, 0.3) is 0 Å². The summed E-state index contributed by atoms with van der Waals surface area (Å²) in [5, 5.41) is 12.1. The minimum Gasteiger partial charge on any atom is -0.494 e. The number of hydrogen-bond donors (Lipinski definition) is 2. The Labute approximate surface area is 138 Å². The molecule has 0 aliphatic carbocycles. The van der Waals surface area contributed by atoms with Crippen LogP contribution >= 0.6 is 11.3 Å². The molecule has 1 heterocycles. The van der Waals surface area contributed by atoms with Crippen LogP contribution in [0.5, 0.6) is 5.75 Å². The van der Waals surface area contributed by atoms with Gasteiger partial charge in [-0.05, 0) is 37.6 Å². The summed E-state index contributed by atoms with van der Waals surface area (Å²) in [6.45, 7) is 5.79. The van der Waals surface area contributed by atoms with Gasteiger partial charge in [-0.1, -0.05) is 0 Å². The van der Waals surface area contributed by atoms with Gasteiger partial charge >= 0.3 is 5.97 Å². The lowest BCUT2D eigenvalue weighted by atomic mass is 10.0. The van der Waals surface area contributed by atoms with Crippen molar-refractivity contribution in [2.24, 2.45) is 0 Å². The van der Waals surface area contributed by atoms with Gasteiger partial charge in [-0.3, -0.25) is 9.59 Å².